The number of nitrogens with one attached hydrogen (secondary N) is 1. The Kier molecular flexibility index (Phi) is 3.27. The van der Waals surface area contributed by atoms with Crippen LogP contribution in [-0.4, -0.2) is 25.8 Å². The van der Waals surface area contributed by atoms with Crippen LogP contribution in [0.15, 0.2) is 6.07 Å². The molecule has 0 radical (unpaired) electrons. The van der Waals surface area contributed by atoms with Crippen LogP contribution < -0.4 is 5.32 Å². The molecule has 2 aliphatic rings. The summed E-state index contributed by atoms with van der Waals surface area (Å²) in [5, 5.41) is 3.47. The summed E-state index contributed by atoms with van der Waals surface area (Å²) in [5.74, 6) is 0. The summed E-state index contributed by atoms with van der Waals surface area (Å²) >= 11 is 1.54. The number of piperidine rings is 1. The molecule has 0 unspecified atom stereocenters. The quantitative estimate of drug-likeness (QED) is 0.925. The molecule has 1 aromatic heterocycles. The molecule has 0 aromatic carbocycles. The fourth-order valence-corrected chi connectivity index (χ4v) is 4.39. The van der Waals surface area contributed by atoms with Gasteiger partial charge in [0.25, 0.3) is 0 Å². The van der Waals surface area contributed by atoms with Crippen molar-refractivity contribution < 1.29 is 12.2 Å². The highest BCUT2D eigenvalue weighted by molar-refractivity contribution is 7.12. The van der Waals surface area contributed by atoms with Crippen molar-refractivity contribution in [3.05, 3.63) is 21.4 Å². The van der Waals surface area contributed by atoms with Crippen LogP contribution in [0.4, 0.5) is 0 Å². The molecule has 2 atom stereocenters. The van der Waals surface area contributed by atoms with Crippen LogP contribution in [0, 0.1) is 0 Å². The first-order valence-corrected chi connectivity index (χ1v) is 7.93. The summed E-state index contributed by atoms with van der Waals surface area (Å²) in [5.41, 5.74) is 1.03. The fraction of sp³-hybridized carbons (Fsp3) is 0.733. The normalized spacial score (nSPS) is 32.8. The van der Waals surface area contributed by atoms with Gasteiger partial charge in [0, 0.05) is 22.4 Å². The Balaban J connectivity index is 1.97. The molecule has 19 heavy (non-hydrogen) atoms. The molecule has 3 rings (SSSR count). The van der Waals surface area contributed by atoms with Gasteiger partial charge < -0.3 is 14.8 Å². The van der Waals surface area contributed by atoms with Gasteiger partial charge in [-0.2, -0.15) is 0 Å². The second-order valence-corrected chi connectivity index (χ2v) is 6.45. The third-order valence-corrected chi connectivity index (χ3v) is 5.21. The van der Waals surface area contributed by atoms with Gasteiger partial charge in [0.2, 0.25) is 0 Å². The van der Waals surface area contributed by atoms with Gasteiger partial charge in [-0.15, -0.1) is 11.3 Å². The van der Waals surface area contributed by atoms with Gasteiger partial charge >= 0.3 is 0 Å². The predicted octanol–water partition coefficient (Wildman–Crippen LogP) is 2.82. The van der Waals surface area contributed by atoms with E-state index in [4.69, 9.17) is 12.2 Å². The van der Waals surface area contributed by atoms with Gasteiger partial charge in [0.05, 0.1) is 15.9 Å². The first-order chi connectivity index (χ1) is 9.97. The van der Waals surface area contributed by atoms with E-state index < -0.39 is 6.56 Å². The minimum atomic E-state index is -1.70. The minimum Gasteiger partial charge on any atom is -0.376 e. The summed E-state index contributed by atoms with van der Waals surface area (Å²) in [4.78, 5) is 1.89. The Morgan fingerprint density at radius 3 is 3.37 bits per heavy atom. The van der Waals surface area contributed by atoms with Crippen molar-refractivity contribution in [2.75, 3.05) is 19.8 Å². The van der Waals surface area contributed by atoms with Crippen molar-refractivity contribution >= 4 is 11.3 Å². The van der Waals surface area contributed by atoms with Gasteiger partial charge in [-0.3, -0.25) is 0 Å². The number of hydrogen-bond acceptors (Lipinski definition) is 4. The topological polar surface area (TPSA) is 30.5 Å². The van der Waals surface area contributed by atoms with E-state index in [0.29, 0.717) is 17.5 Å². The van der Waals surface area contributed by atoms with Crippen molar-refractivity contribution in [2.45, 2.75) is 51.3 Å². The average Bonchev–Trinajstić information content (AvgIpc) is 2.85. The van der Waals surface area contributed by atoms with Crippen molar-refractivity contribution in [3.8, 4) is 0 Å². The molecule has 0 saturated carbocycles. The van der Waals surface area contributed by atoms with E-state index in [1.54, 1.807) is 0 Å². The zero-order chi connectivity index (χ0) is 15.1. The second kappa shape index (κ2) is 5.52. The molecule has 0 amide bonds. The Morgan fingerprint density at radius 2 is 2.58 bits per heavy atom. The number of rotatable bonds is 3. The first-order valence-electron chi connectivity index (χ1n) is 8.12. The molecule has 3 heterocycles. The molecule has 0 aliphatic carbocycles. The molecule has 1 spiro atoms. The van der Waals surface area contributed by atoms with E-state index in [9.17, 15) is 0 Å². The first kappa shape index (κ1) is 11.3. The van der Waals surface area contributed by atoms with Crippen molar-refractivity contribution in [1.29, 1.82) is 0 Å². The van der Waals surface area contributed by atoms with Gasteiger partial charge in [0.15, 0.2) is 0 Å². The maximum atomic E-state index is 8.09. The van der Waals surface area contributed by atoms with Crippen LogP contribution in [0.3, 0.4) is 0 Å². The number of ether oxygens (including phenoxy) is 2. The molecular formula is C15H23NO2S. The van der Waals surface area contributed by atoms with Crippen LogP contribution in [0.5, 0.6) is 0 Å². The monoisotopic (exact) mass is 283 g/mol. The van der Waals surface area contributed by atoms with E-state index in [2.05, 4.69) is 12.2 Å². The summed E-state index contributed by atoms with van der Waals surface area (Å²) in [6.45, 7) is 4.37. The van der Waals surface area contributed by atoms with E-state index in [1.165, 1.54) is 21.8 Å². The average molecular weight is 283 g/mol. The Labute approximate surface area is 122 Å². The van der Waals surface area contributed by atoms with Crippen LogP contribution in [0.1, 0.15) is 44.7 Å². The lowest BCUT2D eigenvalue weighted by atomic mass is 9.83. The molecule has 1 saturated heterocycles. The fourth-order valence-electron chi connectivity index (χ4n) is 3.14. The standard InChI is InChI=1S/C15H23NO2S/c1-3-17-10-13-8-12-4-7-18-15(14(12)19-13)5-6-16-11(2)9-15/h8,11,16H,3-7,9-10H2,1-2H3/t11-,15+/m0/s1/i10D2. The SMILES string of the molecule is [2H]C([2H])(OCC)c1cc2c(s1)[C@]1(CCN[C@@H](C)C1)OCC2. The number of hydrogen-bond donors (Lipinski definition) is 1. The second-order valence-electron chi connectivity index (χ2n) is 5.40. The maximum Gasteiger partial charge on any atom is 0.105 e. The lowest BCUT2D eigenvalue weighted by molar-refractivity contribution is -0.0848. The van der Waals surface area contributed by atoms with Gasteiger partial charge in [0.1, 0.15) is 5.60 Å². The summed E-state index contributed by atoms with van der Waals surface area (Å²) in [6, 6.07) is 2.42. The zero-order valence-electron chi connectivity index (χ0n) is 13.6. The highest BCUT2D eigenvalue weighted by Gasteiger charge is 2.42. The molecular weight excluding hydrogens is 258 g/mol. The molecule has 2 aliphatic heterocycles. The van der Waals surface area contributed by atoms with Crippen LogP contribution in [0.25, 0.3) is 0 Å². The van der Waals surface area contributed by atoms with Crippen molar-refractivity contribution in [3.63, 3.8) is 0 Å². The Bertz CT molecular complexity index is 520. The largest absolute Gasteiger partial charge is 0.376 e. The van der Waals surface area contributed by atoms with E-state index in [-0.39, 0.29) is 5.60 Å². The number of thiophene rings is 1. The minimum absolute atomic E-state index is 0.219. The third kappa shape index (κ3) is 2.59. The molecule has 1 aromatic rings. The van der Waals surface area contributed by atoms with E-state index in [1.807, 2.05) is 13.0 Å². The van der Waals surface area contributed by atoms with Gasteiger partial charge in [-0.1, -0.05) is 0 Å². The van der Waals surface area contributed by atoms with Crippen LogP contribution in [-0.2, 0) is 28.1 Å². The molecule has 1 N–H and O–H groups in total. The van der Waals surface area contributed by atoms with Crippen molar-refractivity contribution in [2.24, 2.45) is 0 Å². The lowest BCUT2D eigenvalue weighted by Gasteiger charge is -2.42. The lowest BCUT2D eigenvalue weighted by Crippen LogP contribution is -2.48. The summed E-state index contributed by atoms with van der Waals surface area (Å²) < 4.78 is 27.7. The smallest absolute Gasteiger partial charge is 0.105 e. The summed E-state index contributed by atoms with van der Waals surface area (Å²) in [7, 11) is 0. The molecule has 0 bridgehead atoms. The van der Waals surface area contributed by atoms with Gasteiger partial charge in [-0.05, 0) is 51.3 Å². The van der Waals surface area contributed by atoms with Crippen molar-refractivity contribution in [1.82, 2.24) is 5.32 Å². The molecule has 1 fully saturated rings. The molecule has 3 nitrogen and oxygen atoms in total. The summed E-state index contributed by atoms with van der Waals surface area (Å²) in [6.07, 6.45) is 2.79. The van der Waals surface area contributed by atoms with E-state index in [0.717, 1.165) is 32.4 Å². The maximum absolute atomic E-state index is 8.09. The predicted molar refractivity (Wildman–Crippen MR) is 77.7 cm³/mol. The highest BCUT2D eigenvalue weighted by Crippen LogP contribution is 2.45. The Morgan fingerprint density at radius 1 is 1.68 bits per heavy atom. The van der Waals surface area contributed by atoms with E-state index >= 15 is 0 Å². The van der Waals surface area contributed by atoms with Gasteiger partial charge in [-0.25, -0.2) is 0 Å². The number of fused-ring (bicyclic) bond motifs is 2. The highest BCUT2D eigenvalue weighted by atomic mass is 32.1. The third-order valence-electron chi connectivity index (χ3n) is 3.95. The van der Waals surface area contributed by atoms with Crippen LogP contribution in [0.2, 0.25) is 0 Å². The Hall–Kier alpha value is -0.420. The zero-order valence-corrected chi connectivity index (χ0v) is 12.4. The molecule has 4 heteroatoms. The van der Waals surface area contributed by atoms with Crippen LogP contribution >= 0.6 is 11.3 Å². The molecule has 106 valence electrons.